The highest BCUT2D eigenvalue weighted by Gasteiger charge is 2.39. The van der Waals surface area contributed by atoms with Crippen molar-refractivity contribution in [2.45, 2.75) is 32.4 Å². The van der Waals surface area contributed by atoms with Crippen LogP contribution in [0.2, 0.25) is 0 Å². The molecule has 8 heteroatoms. The van der Waals surface area contributed by atoms with Gasteiger partial charge in [-0.25, -0.2) is 8.42 Å². The van der Waals surface area contributed by atoms with E-state index in [2.05, 4.69) is 0 Å². The van der Waals surface area contributed by atoms with Crippen molar-refractivity contribution in [1.82, 2.24) is 9.21 Å². The molecule has 1 heterocycles. The predicted octanol–water partition coefficient (Wildman–Crippen LogP) is -0.658. The molecule has 18 heavy (non-hydrogen) atoms. The van der Waals surface area contributed by atoms with E-state index < -0.39 is 28.1 Å². The SMILES string of the molecule is CC(=O)N1CCN(S(C)(=O)=O)[C@H](C)[C@H]1CC(=O)O. The molecule has 0 aromatic carbocycles. The molecule has 0 saturated carbocycles. The molecule has 1 N–H and O–H groups in total. The minimum Gasteiger partial charge on any atom is -0.481 e. The lowest BCUT2D eigenvalue weighted by molar-refractivity contribution is -0.142. The second kappa shape index (κ2) is 5.23. The first-order valence-electron chi connectivity index (χ1n) is 5.60. The molecule has 0 radical (unpaired) electrons. The summed E-state index contributed by atoms with van der Waals surface area (Å²) >= 11 is 0. The van der Waals surface area contributed by atoms with Crippen molar-refractivity contribution in [3.63, 3.8) is 0 Å². The molecule has 1 aliphatic heterocycles. The van der Waals surface area contributed by atoms with Gasteiger partial charge in [0.1, 0.15) is 0 Å². The third-order valence-electron chi connectivity index (χ3n) is 3.19. The number of carbonyl (C=O) groups excluding carboxylic acids is 1. The lowest BCUT2D eigenvalue weighted by Crippen LogP contribution is -2.61. The number of nitrogens with zero attached hydrogens (tertiary/aromatic N) is 2. The third-order valence-corrected chi connectivity index (χ3v) is 4.55. The van der Waals surface area contributed by atoms with E-state index in [-0.39, 0.29) is 25.4 Å². The summed E-state index contributed by atoms with van der Waals surface area (Å²) in [4.78, 5) is 23.7. The monoisotopic (exact) mass is 278 g/mol. The zero-order chi connectivity index (χ0) is 14.1. The van der Waals surface area contributed by atoms with Crippen molar-refractivity contribution in [1.29, 1.82) is 0 Å². The molecule has 0 aromatic rings. The maximum Gasteiger partial charge on any atom is 0.305 e. The minimum atomic E-state index is -3.39. The summed E-state index contributed by atoms with van der Waals surface area (Å²) in [6, 6.07) is -1.16. The predicted molar refractivity (Wildman–Crippen MR) is 64.4 cm³/mol. The van der Waals surface area contributed by atoms with Crippen LogP contribution in [0.15, 0.2) is 0 Å². The lowest BCUT2D eigenvalue weighted by Gasteiger charge is -2.44. The second-order valence-electron chi connectivity index (χ2n) is 4.49. The summed E-state index contributed by atoms with van der Waals surface area (Å²) in [5, 5.41) is 8.87. The van der Waals surface area contributed by atoms with Crippen LogP contribution >= 0.6 is 0 Å². The van der Waals surface area contributed by atoms with Gasteiger partial charge >= 0.3 is 5.97 Å². The maximum atomic E-state index is 11.6. The zero-order valence-electron chi connectivity index (χ0n) is 10.7. The van der Waals surface area contributed by atoms with Crippen molar-refractivity contribution in [2.24, 2.45) is 0 Å². The average molecular weight is 278 g/mol. The van der Waals surface area contributed by atoms with E-state index >= 15 is 0 Å². The molecule has 2 atom stereocenters. The Kier molecular flexibility index (Phi) is 4.33. The Morgan fingerprint density at radius 3 is 2.28 bits per heavy atom. The number of rotatable bonds is 3. The molecule has 1 amide bonds. The number of hydrogen-bond acceptors (Lipinski definition) is 4. The number of sulfonamides is 1. The lowest BCUT2D eigenvalue weighted by atomic mass is 10.0. The van der Waals surface area contributed by atoms with Gasteiger partial charge in [-0.2, -0.15) is 4.31 Å². The summed E-state index contributed by atoms with van der Waals surface area (Å²) in [7, 11) is -3.39. The number of carboxylic acids is 1. The van der Waals surface area contributed by atoms with Crippen LogP contribution < -0.4 is 0 Å². The van der Waals surface area contributed by atoms with Gasteiger partial charge in [0.2, 0.25) is 15.9 Å². The van der Waals surface area contributed by atoms with Crippen molar-refractivity contribution >= 4 is 21.9 Å². The van der Waals surface area contributed by atoms with E-state index in [9.17, 15) is 18.0 Å². The Hall–Kier alpha value is -1.15. The van der Waals surface area contributed by atoms with Crippen molar-refractivity contribution in [3.05, 3.63) is 0 Å². The van der Waals surface area contributed by atoms with Crippen LogP contribution in [0, 0.1) is 0 Å². The molecule has 1 aliphatic rings. The Labute approximate surface area is 106 Å². The van der Waals surface area contributed by atoms with E-state index in [1.165, 1.54) is 16.1 Å². The topological polar surface area (TPSA) is 95.0 Å². The highest BCUT2D eigenvalue weighted by Crippen LogP contribution is 2.22. The smallest absolute Gasteiger partial charge is 0.305 e. The molecule has 0 aromatic heterocycles. The number of carboxylic acid groups (broad SMARTS) is 1. The van der Waals surface area contributed by atoms with E-state index in [1.54, 1.807) is 6.92 Å². The summed E-state index contributed by atoms with van der Waals surface area (Å²) < 4.78 is 24.4. The van der Waals surface area contributed by atoms with Crippen LogP contribution in [0.1, 0.15) is 20.3 Å². The van der Waals surface area contributed by atoms with Crippen LogP contribution in [-0.2, 0) is 19.6 Å². The third kappa shape index (κ3) is 3.20. The summed E-state index contributed by atoms with van der Waals surface area (Å²) in [6.45, 7) is 3.42. The first-order valence-corrected chi connectivity index (χ1v) is 7.45. The van der Waals surface area contributed by atoms with Gasteiger partial charge in [0.25, 0.3) is 0 Å². The van der Waals surface area contributed by atoms with Gasteiger partial charge in [-0.3, -0.25) is 9.59 Å². The van der Waals surface area contributed by atoms with Gasteiger partial charge in [-0.1, -0.05) is 0 Å². The normalized spacial score (nSPS) is 26.1. The number of piperazine rings is 1. The van der Waals surface area contributed by atoms with Gasteiger partial charge in [0.05, 0.1) is 18.7 Å². The van der Waals surface area contributed by atoms with E-state index in [4.69, 9.17) is 5.11 Å². The molecule has 1 saturated heterocycles. The van der Waals surface area contributed by atoms with Gasteiger partial charge in [-0.15, -0.1) is 0 Å². The van der Waals surface area contributed by atoms with Crippen LogP contribution in [0.5, 0.6) is 0 Å². The molecule has 1 fully saturated rings. The van der Waals surface area contributed by atoms with Crippen molar-refractivity contribution in [2.75, 3.05) is 19.3 Å². The van der Waals surface area contributed by atoms with Gasteiger partial charge in [0.15, 0.2) is 0 Å². The highest BCUT2D eigenvalue weighted by atomic mass is 32.2. The molecule has 0 bridgehead atoms. The molecule has 7 nitrogen and oxygen atoms in total. The van der Waals surface area contributed by atoms with Crippen LogP contribution in [-0.4, -0.2) is 66.0 Å². The first kappa shape index (κ1) is 14.9. The fraction of sp³-hybridized carbons (Fsp3) is 0.800. The Morgan fingerprint density at radius 2 is 1.89 bits per heavy atom. The molecule has 0 spiro atoms. The van der Waals surface area contributed by atoms with Crippen LogP contribution in [0.4, 0.5) is 0 Å². The average Bonchev–Trinajstić information content (AvgIpc) is 2.17. The molecule has 104 valence electrons. The standard InChI is InChI=1S/C10H18N2O5S/c1-7-9(6-10(14)15)11(8(2)13)4-5-12(7)18(3,16)17/h7,9H,4-6H2,1-3H3,(H,14,15)/t7-,9-/m1/s1. The van der Waals surface area contributed by atoms with Crippen LogP contribution in [0.25, 0.3) is 0 Å². The summed E-state index contributed by atoms with van der Waals surface area (Å²) in [6.07, 6.45) is 0.831. The molecular weight excluding hydrogens is 260 g/mol. The number of hydrogen-bond donors (Lipinski definition) is 1. The quantitative estimate of drug-likeness (QED) is 0.739. The maximum absolute atomic E-state index is 11.6. The largest absolute Gasteiger partial charge is 0.481 e. The van der Waals surface area contributed by atoms with Gasteiger partial charge < -0.3 is 10.0 Å². The number of carbonyl (C=O) groups is 2. The Bertz CT molecular complexity index is 447. The molecular formula is C10H18N2O5S. The fourth-order valence-corrected chi connectivity index (χ4v) is 3.50. The Balaban J connectivity index is 3.01. The Morgan fingerprint density at radius 1 is 1.33 bits per heavy atom. The summed E-state index contributed by atoms with van der Waals surface area (Å²) in [5.74, 6) is -1.28. The van der Waals surface area contributed by atoms with Gasteiger partial charge in [0, 0.05) is 26.1 Å². The summed E-state index contributed by atoms with van der Waals surface area (Å²) in [5.41, 5.74) is 0. The zero-order valence-corrected chi connectivity index (χ0v) is 11.5. The van der Waals surface area contributed by atoms with E-state index in [0.29, 0.717) is 0 Å². The number of amides is 1. The second-order valence-corrected chi connectivity index (χ2v) is 6.43. The fourth-order valence-electron chi connectivity index (χ4n) is 2.35. The molecule has 0 aliphatic carbocycles. The molecule has 0 unspecified atom stereocenters. The van der Waals surface area contributed by atoms with E-state index in [1.807, 2.05) is 0 Å². The van der Waals surface area contributed by atoms with Crippen LogP contribution in [0.3, 0.4) is 0 Å². The van der Waals surface area contributed by atoms with Crippen molar-refractivity contribution < 1.29 is 23.1 Å². The molecule has 1 rings (SSSR count). The van der Waals surface area contributed by atoms with Crippen molar-refractivity contribution in [3.8, 4) is 0 Å². The first-order chi connectivity index (χ1) is 8.14. The van der Waals surface area contributed by atoms with Gasteiger partial charge in [-0.05, 0) is 6.92 Å². The van der Waals surface area contributed by atoms with E-state index in [0.717, 1.165) is 6.26 Å². The highest BCUT2D eigenvalue weighted by molar-refractivity contribution is 7.88. The number of aliphatic carboxylic acids is 1. The minimum absolute atomic E-state index is 0.204.